The summed E-state index contributed by atoms with van der Waals surface area (Å²) in [4.78, 5) is 24.3. The predicted molar refractivity (Wildman–Crippen MR) is 115 cm³/mol. The number of hydrogen-bond acceptors (Lipinski definition) is 3. The summed E-state index contributed by atoms with van der Waals surface area (Å²) >= 11 is 5.56. The van der Waals surface area contributed by atoms with Gasteiger partial charge in [-0.1, -0.05) is 44.5 Å². The monoisotopic (exact) mass is 453 g/mol. The number of hydrazone groups is 1. The van der Waals surface area contributed by atoms with Gasteiger partial charge in [0.15, 0.2) is 0 Å². The van der Waals surface area contributed by atoms with Crippen LogP contribution in [0.3, 0.4) is 0 Å². The highest BCUT2D eigenvalue weighted by Crippen LogP contribution is 2.36. The molecule has 0 atom stereocenters. The van der Waals surface area contributed by atoms with Crippen molar-refractivity contribution in [2.24, 2.45) is 5.10 Å². The fraction of sp³-hybridized carbons (Fsp3) is 0.318. The summed E-state index contributed by atoms with van der Waals surface area (Å²) < 4.78 is 38.7. The van der Waals surface area contributed by atoms with Crippen LogP contribution < -0.4 is 10.7 Å². The van der Waals surface area contributed by atoms with Crippen molar-refractivity contribution < 1.29 is 22.8 Å². The lowest BCUT2D eigenvalue weighted by Crippen LogP contribution is -2.22. The second kappa shape index (κ2) is 9.51. The Morgan fingerprint density at radius 1 is 1.03 bits per heavy atom. The molecule has 166 valence electrons. The van der Waals surface area contributed by atoms with Crippen LogP contribution in [0.15, 0.2) is 47.6 Å². The number of anilines is 1. The van der Waals surface area contributed by atoms with Gasteiger partial charge in [-0.05, 0) is 48.2 Å². The number of carbonyl (C=O) groups is 2. The molecule has 9 heteroatoms. The molecule has 2 aromatic rings. The first-order valence-corrected chi connectivity index (χ1v) is 9.76. The van der Waals surface area contributed by atoms with E-state index in [9.17, 15) is 22.8 Å². The molecule has 2 aromatic carbocycles. The topological polar surface area (TPSA) is 70.6 Å². The summed E-state index contributed by atoms with van der Waals surface area (Å²) in [7, 11) is 0. The third kappa shape index (κ3) is 7.10. The van der Waals surface area contributed by atoms with Gasteiger partial charge in [-0.25, -0.2) is 5.43 Å². The van der Waals surface area contributed by atoms with E-state index in [0.717, 1.165) is 17.7 Å². The normalized spacial score (nSPS) is 12.5. The molecule has 0 aliphatic carbocycles. The van der Waals surface area contributed by atoms with E-state index < -0.39 is 28.6 Å². The maximum Gasteiger partial charge on any atom is 0.417 e. The van der Waals surface area contributed by atoms with Crippen LogP contribution in [0.2, 0.25) is 5.02 Å². The highest BCUT2D eigenvalue weighted by Gasteiger charge is 2.33. The molecule has 0 unspecified atom stereocenters. The van der Waals surface area contributed by atoms with Crippen LogP contribution in [0.5, 0.6) is 0 Å². The number of rotatable bonds is 5. The third-order valence-corrected chi connectivity index (χ3v) is 4.66. The number of alkyl halides is 3. The van der Waals surface area contributed by atoms with Gasteiger partial charge in [-0.2, -0.15) is 18.3 Å². The number of halogens is 4. The van der Waals surface area contributed by atoms with E-state index in [1.54, 1.807) is 12.1 Å². The summed E-state index contributed by atoms with van der Waals surface area (Å²) in [5, 5.41) is 5.78. The smallest absolute Gasteiger partial charge is 0.326 e. The summed E-state index contributed by atoms with van der Waals surface area (Å²) in [5.41, 5.74) is 3.01. The molecule has 31 heavy (non-hydrogen) atoms. The second-order valence-electron chi connectivity index (χ2n) is 8.03. The van der Waals surface area contributed by atoms with Crippen molar-refractivity contribution in [3.8, 4) is 0 Å². The van der Waals surface area contributed by atoms with Crippen molar-refractivity contribution in [3.63, 3.8) is 0 Å². The Kier molecular flexibility index (Phi) is 7.49. The van der Waals surface area contributed by atoms with Gasteiger partial charge < -0.3 is 5.32 Å². The van der Waals surface area contributed by atoms with E-state index in [-0.39, 0.29) is 23.2 Å². The van der Waals surface area contributed by atoms with Gasteiger partial charge in [-0.15, -0.1) is 0 Å². The fourth-order valence-corrected chi connectivity index (χ4v) is 2.85. The third-order valence-electron chi connectivity index (χ3n) is 4.33. The first-order valence-electron chi connectivity index (χ1n) is 9.38. The highest BCUT2D eigenvalue weighted by molar-refractivity contribution is 6.31. The molecule has 2 amide bonds. The van der Waals surface area contributed by atoms with E-state index in [2.05, 4.69) is 36.6 Å². The SMILES string of the molecule is CC(CC(=O)Nc1ccc(Cl)c(C(F)(F)F)c1)=NNC(=O)c1ccc(C(C)(C)C)cc1. The quantitative estimate of drug-likeness (QED) is 0.444. The summed E-state index contributed by atoms with van der Waals surface area (Å²) in [6, 6.07) is 10.2. The van der Waals surface area contributed by atoms with Crippen LogP contribution in [0.25, 0.3) is 0 Å². The zero-order valence-electron chi connectivity index (χ0n) is 17.5. The maximum atomic E-state index is 12.9. The lowest BCUT2D eigenvalue weighted by Gasteiger charge is -2.18. The molecule has 0 aliphatic rings. The average Bonchev–Trinajstić information content (AvgIpc) is 2.66. The van der Waals surface area contributed by atoms with Crippen molar-refractivity contribution in [1.82, 2.24) is 5.43 Å². The Morgan fingerprint density at radius 2 is 1.65 bits per heavy atom. The Labute approximate surface area is 183 Å². The van der Waals surface area contributed by atoms with Crippen LogP contribution in [0, 0.1) is 0 Å². The Hall–Kier alpha value is -2.87. The number of amides is 2. The van der Waals surface area contributed by atoms with Crippen LogP contribution >= 0.6 is 11.6 Å². The molecule has 0 spiro atoms. The molecule has 5 nitrogen and oxygen atoms in total. The Balaban J connectivity index is 1.96. The lowest BCUT2D eigenvalue weighted by molar-refractivity contribution is -0.137. The van der Waals surface area contributed by atoms with Crippen LogP contribution in [-0.4, -0.2) is 17.5 Å². The van der Waals surface area contributed by atoms with E-state index in [1.807, 2.05) is 12.1 Å². The Bertz CT molecular complexity index is 995. The molecule has 0 bridgehead atoms. The molecule has 0 aliphatic heterocycles. The molecular weight excluding hydrogens is 431 g/mol. The van der Waals surface area contributed by atoms with E-state index in [4.69, 9.17) is 11.6 Å². The average molecular weight is 454 g/mol. The van der Waals surface area contributed by atoms with E-state index in [0.29, 0.717) is 5.56 Å². The van der Waals surface area contributed by atoms with Gasteiger partial charge in [-0.3, -0.25) is 9.59 Å². The standard InChI is InChI=1S/C22H23ClF3N3O2/c1-13(28-29-20(31)14-5-7-15(8-6-14)21(2,3)4)11-19(30)27-16-9-10-18(23)17(12-16)22(24,25)26/h5-10,12H,11H2,1-4H3,(H,27,30)(H,29,31). The molecule has 0 fully saturated rings. The Morgan fingerprint density at radius 3 is 2.19 bits per heavy atom. The van der Waals surface area contributed by atoms with Crippen molar-refractivity contribution >= 4 is 34.8 Å². The molecule has 0 saturated heterocycles. The van der Waals surface area contributed by atoms with Crippen LogP contribution in [0.1, 0.15) is 55.6 Å². The zero-order chi connectivity index (χ0) is 23.4. The first kappa shape index (κ1) is 24.4. The number of nitrogens with one attached hydrogen (secondary N) is 2. The van der Waals surface area contributed by atoms with Gasteiger partial charge in [0.1, 0.15) is 0 Å². The fourth-order valence-electron chi connectivity index (χ4n) is 2.63. The number of hydrogen-bond donors (Lipinski definition) is 2. The minimum absolute atomic E-state index is 0.0396. The number of carbonyl (C=O) groups excluding carboxylic acids is 2. The van der Waals surface area contributed by atoms with Gasteiger partial charge in [0, 0.05) is 17.0 Å². The van der Waals surface area contributed by atoms with Crippen molar-refractivity contribution in [2.45, 2.75) is 45.7 Å². The minimum Gasteiger partial charge on any atom is -0.326 e. The molecule has 0 saturated carbocycles. The van der Waals surface area contributed by atoms with Gasteiger partial charge in [0.25, 0.3) is 5.91 Å². The lowest BCUT2D eigenvalue weighted by atomic mass is 9.87. The molecule has 0 heterocycles. The molecule has 2 rings (SSSR count). The minimum atomic E-state index is -4.63. The van der Waals surface area contributed by atoms with E-state index in [1.165, 1.54) is 13.0 Å². The van der Waals surface area contributed by atoms with Crippen molar-refractivity contribution in [2.75, 3.05) is 5.32 Å². The number of nitrogens with zero attached hydrogens (tertiary/aromatic N) is 1. The van der Waals surface area contributed by atoms with Crippen molar-refractivity contribution in [3.05, 3.63) is 64.2 Å². The van der Waals surface area contributed by atoms with Gasteiger partial charge >= 0.3 is 6.18 Å². The highest BCUT2D eigenvalue weighted by atomic mass is 35.5. The van der Waals surface area contributed by atoms with E-state index >= 15 is 0 Å². The van der Waals surface area contributed by atoms with Gasteiger partial charge in [0.2, 0.25) is 5.91 Å². The first-order chi connectivity index (χ1) is 14.3. The maximum absolute atomic E-state index is 12.9. The van der Waals surface area contributed by atoms with Crippen LogP contribution in [-0.2, 0) is 16.4 Å². The largest absolute Gasteiger partial charge is 0.417 e. The number of benzene rings is 2. The molecule has 0 radical (unpaired) electrons. The molecular formula is C22H23ClF3N3O2. The van der Waals surface area contributed by atoms with Crippen molar-refractivity contribution in [1.29, 1.82) is 0 Å². The predicted octanol–water partition coefficient (Wildman–Crippen LogP) is 5.79. The summed E-state index contributed by atoms with van der Waals surface area (Å²) in [6.45, 7) is 7.71. The van der Waals surface area contributed by atoms with Crippen LogP contribution in [0.4, 0.5) is 18.9 Å². The van der Waals surface area contributed by atoms with Gasteiger partial charge in [0.05, 0.1) is 17.0 Å². The second-order valence-corrected chi connectivity index (χ2v) is 8.44. The zero-order valence-corrected chi connectivity index (χ0v) is 18.3. The summed E-state index contributed by atoms with van der Waals surface area (Å²) in [5.74, 6) is -1.02. The molecule has 2 N–H and O–H groups in total. The summed E-state index contributed by atoms with van der Waals surface area (Å²) in [6.07, 6.45) is -4.85. The molecule has 0 aromatic heterocycles.